The zero-order valence-corrected chi connectivity index (χ0v) is 15.1. The van der Waals surface area contributed by atoms with Gasteiger partial charge in [0.15, 0.2) is 5.65 Å². The molecule has 0 unspecified atom stereocenters. The molecule has 0 saturated carbocycles. The van der Waals surface area contributed by atoms with Crippen LogP contribution in [0.1, 0.15) is 12.0 Å². The van der Waals surface area contributed by atoms with E-state index in [0.717, 1.165) is 48.2 Å². The van der Waals surface area contributed by atoms with Crippen LogP contribution in [-0.2, 0) is 10.0 Å². The van der Waals surface area contributed by atoms with E-state index in [2.05, 4.69) is 23.0 Å². The number of nitrogens with zero attached hydrogens (tertiary/aromatic N) is 3. The molecule has 3 aromatic rings. The Labute approximate surface area is 151 Å². The van der Waals surface area contributed by atoms with E-state index in [-0.39, 0.29) is 4.90 Å². The first-order valence-electron chi connectivity index (χ1n) is 8.32. The van der Waals surface area contributed by atoms with E-state index < -0.39 is 15.8 Å². The van der Waals surface area contributed by atoms with Crippen LogP contribution in [0.25, 0.3) is 16.6 Å². The highest BCUT2D eigenvalue weighted by molar-refractivity contribution is 7.90. The Bertz CT molecular complexity index is 1100. The van der Waals surface area contributed by atoms with E-state index >= 15 is 0 Å². The fourth-order valence-corrected chi connectivity index (χ4v) is 4.53. The molecule has 0 amide bonds. The molecule has 0 aliphatic carbocycles. The quantitative estimate of drug-likeness (QED) is 0.710. The molecular formula is C19H18FN3O2S. The molecule has 4 rings (SSSR count). The molecule has 2 aromatic heterocycles. The highest BCUT2D eigenvalue weighted by Gasteiger charge is 2.24. The van der Waals surface area contributed by atoms with Gasteiger partial charge in [0.2, 0.25) is 0 Å². The van der Waals surface area contributed by atoms with E-state index in [1.54, 1.807) is 18.5 Å². The van der Waals surface area contributed by atoms with Crippen molar-refractivity contribution in [3.63, 3.8) is 0 Å². The molecule has 26 heavy (non-hydrogen) atoms. The summed E-state index contributed by atoms with van der Waals surface area (Å²) in [7, 11) is -1.81. The first-order chi connectivity index (χ1) is 12.5. The molecule has 0 saturated heterocycles. The highest BCUT2D eigenvalue weighted by atomic mass is 32.2. The molecule has 0 spiro atoms. The summed E-state index contributed by atoms with van der Waals surface area (Å²) in [5.74, 6) is -0.475. The average Bonchev–Trinajstić information content (AvgIpc) is 3.03. The molecule has 0 bridgehead atoms. The minimum Gasteiger partial charge on any atom is -0.302 e. The standard InChI is InChI=1S/C19H18FN3O2S/c1-22-11-8-14(9-12-22)18-13-23(19-17(18)3-2-10-21-19)26(24,25)16-6-4-15(20)5-7-16/h2-8,10,13H,9,11-12H2,1H3. The largest absolute Gasteiger partial charge is 0.302 e. The molecule has 1 aliphatic rings. The van der Waals surface area contributed by atoms with E-state index in [1.807, 2.05) is 6.07 Å². The fraction of sp³-hybridized carbons (Fsp3) is 0.211. The maximum Gasteiger partial charge on any atom is 0.269 e. The lowest BCUT2D eigenvalue weighted by atomic mass is 10.00. The Hall–Kier alpha value is -2.51. The number of hydrogen-bond donors (Lipinski definition) is 0. The topological polar surface area (TPSA) is 55.2 Å². The summed E-state index contributed by atoms with van der Waals surface area (Å²) < 4.78 is 40.5. The second-order valence-corrected chi connectivity index (χ2v) is 8.23. The van der Waals surface area contributed by atoms with Crippen LogP contribution in [0.5, 0.6) is 0 Å². The summed E-state index contributed by atoms with van der Waals surface area (Å²) in [6.07, 6.45) is 6.18. The molecule has 0 atom stereocenters. The van der Waals surface area contributed by atoms with Gasteiger partial charge in [0.25, 0.3) is 10.0 Å². The van der Waals surface area contributed by atoms with Gasteiger partial charge < -0.3 is 4.90 Å². The third-order valence-corrected chi connectivity index (χ3v) is 6.32. The Morgan fingerprint density at radius 3 is 2.62 bits per heavy atom. The van der Waals surface area contributed by atoms with E-state index in [1.165, 1.54) is 16.1 Å². The summed E-state index contributed by atoms with van der Waals surface area (Å²) in [6.45, 7) is 1.75. The third kappa shape index (κ3) is 2.83. The third-order valence-electron chi connectivity index (χ3n) is 4.66. The number of aromatic nitrogens is 2. The van der Waals surface area contributed by atoms with Gasteiger partial charge in [-0.3, -0.25) is 0 Å². The Morgan fingerprint density at radius 2 is 1.92 bits per heavy atom. The van der Waals surface area contributed by atoms with Crippen molar-refractivity contribution in [2.75, 3.05) is 20.1 Å². The van der Waals surface area contributed by atoms with Crippen LogP contribution in [0.15, 0.2) is 59.8 Å². The van der Waals surface area contributed by atoms with Crippen molar-refractivity contribution in [3.8, 4) is 0 Å². The second kappa shape index (κ2) is 6.34. The number of hydrogen-bond acceptors (Lipinski definition) is 4. The van der Waals surface area contributed by atoms with Crippen molar-refractivity contribution in [2.24, 2.45) is 0 Å². The highest BCUT2D eigenvalue weighted by Crippen LogP contribution is 2.32. The monoisotopic (exact) mass is 371 g/mol. The van der Waals surface area contributed by atoms with Gasteiger partial charge >= 0.3 is 0 Å². The zero-order valence-electron chi connectivity index (χ0n) is 14.3. The molecule has 0 radical (unpaired) electrons. The molecule has 7 heteroatoms. The number of likely N-dealkylation sites (N-methyl/N-ethyl adjacent to an activating group) is 1. The zero-order chi connectivity index (χ0) is 18.3. The summed E-state index contributed by atoms with van der Waals surface area (Å²) in [5, 5.41) is 0.800. The molecule has 1 aromatic carbocycles. The molecule has 134 valence electrons. The number of pyridine rings is 1. The van der Waals surface area contributed by atoms with E-state index in [0.29, 0.717) is 5.65 Å². The molecule has 3 heterocycles. The Kier molecular flexibility index (Phi) is 4.13. The van der Waals surface area contributed by atoms with Crippen molar-refractivity contribution in [1.29, 1.82) is 0 Å². The summed E-state index contributed by atoms with van der Waals surface area (Å²) in [6, 6.07) is 8.52. The first-order valence-corrected chi connectivity index (χ1v) is 9.76. The first kappa shape index (κ1) is 16.9. The number of rotatable bonds is 3. The van der Waals surface area contributed by atoms with Crippen molar-refractivity contribution in [3.05, 3.63) is 66.2 Å². The van der Waals surface area contributed by atoms with Gasteiger partial charge in [-0.15, -0.1) is 0 Å². The molecule has 1 aliphatic heterocycles. The predicted molar refractivity (Wildman–Crippen MR) is 98.8 cm³/mol. The van der Waals surface area contributed by atoms with Crippen LogP contribution >= 0.6 is 0 Å². The Balaban J connectivity index is 1.90. The van der Waals surface area contributed by atoms with Crippen LogP contribution in [0.2, 0.25) is 0 Å². The van der Waals surface area contributed by atoms with Crippen molar-refractivity contribution >= 4 is 26.6 Å². The minimum atomic E-state index is -3.86. The number of fused-ring (bicyclic) bond motifs is 1. The van der Waals surface area contributed by atoms with Gasteiger partial charge in [0, 0.05) is 36.4 Å². The van der Waals surface area contributed by atoms with Crippen molar-refractivity contribution in [1.82, 2.24) is 13.9 Å². The average molecular weight is 371 g/mol. The van der Waals surface area contributed by atoms with Crippen molar-refractivity contribution < 1.29 is 12.8 Å². The van der Waals surface area contributed by atoms with Gasteiger partial charge in [-0.25, -0.2) is 21.8 Å². The van der Waals surface area contributed by atoms with Gasteiger partial charge in [-0.05, 0) is 55.4 Å². The van der Waals surface area contributed by atoms with Crippen LogP contribution in [0.4, 0.5) is 4.39 Å². The normalized spacial score (nSPS) is 16.0. The summed E-state index contributed by atoms with van der Waals surface area (Å²) >= 11 is 0. The van der Waals surface area contributed by atoms with Gasteiger partial charge in [0.05, 0.1) is 4.90 Å². The number of benzene rings is 1. The summed E-state index contributed by atoms with van der Waals surface area (Å²) in [5.41, 5.74) is 2.38. The lowest BCUT2D eigenvalue weighted by molar-refractivity contribution is 0.370. The van der Waals surface area contributed by atoms with Crippen LogP contribution in [0, 0.1) is 5.82 Å². The van der Waals surface area contributed by atoms with Gasteiger partial charge in [-0.2, -0.15) is 0 Å². The summed E-state index contributed by atoms with van der Waals surface area (Å²) in [4.78, 5) is 6.53. The minimum absolute atomic E-state index is 0.0327. The lowest BCUT2D eigenvalue weighted by Gasteiger charge is -2.21. The van der Waals surface area contributed by atoms with E-state index in [9.17, 15) is 12.8 Å². The molecular weight excluding hydrogens is 353 g/mol. The van der Waals surface area contributed by atoms with Crippen LogP contribution in [-0.4, -0.2) is 42.4 Å². The second-order valence-electron chi connectivity index (χ2n) is 6.41. The van der Waals surface area contributed by atoms with Crippen LogP contribution in [0.3, 0.4) is 0 Å². The predicted octanol–water partition coefficient (Wildman–Crippen LogP) is 3.13. The van der Waals surface area contributed by atoms with Gasteiger partial charge in [0.1, 0.15) is 5.82 Å². The van der Waals surface area contributed by atoms with Crippen LogP contribution < -0.4 is 0 Å². The van der Waals surface area contributed by atoms with E-state index in [4.69, 9.17) is 0 Å². The molecule has 0 N–H and O–H groups in total. The fourth-order valence-electron chi connectivity index (χ4n) is 3.21. The molecule has 0 fully saturated rings. The lowest BCUT2D eigenvalue weighted by Crippen LogP contribution is -2.23. The molecule has 5 nitrogen and oxygen atoms in total. The number of halogens is 1. The maximum absolute atomic E-state index is 13.2. The Morgan fingerprint density at radius 1 is 1.15 bits per heavy atom. The van der Waals surface area contributed by atoms with Crippen molar-refractivity contribution in [2.45, 2.75) is 11.3 Å². The smallest absolute Gasteiger partial charge is 0.269 e. The SMILES string of the molecule is CN1CC=C(c2cn(S(=O)(=O)c3ccc(F)cc3)c3ncccc23)CC1. The van der Waals surface area contributed by atoms with Gasteiger partial charge in [-0.1, -0.05) is 6.08 Å². The maximum atomic E-state index is 13.2.